The maximum atomic E-state index is 13.6. The number of hydrogen-bond donors (Lipinski definition) is 2. The van der Waals surface area contributed by atoms with Crippen molar-refractivity contribution in [2.75, 3.05) is 13.7 Å². The molecule has 1 unspecified atom stereocenters. The molecule has 0 aromatic heterocycles. The zero-order chi connectivity index (χ0) is 18.2. The van der Waals surface area contributed by atoms with Gasteiger partial charge in [-0.2, -0.15) is 0 Å². The van der Waals surface area contributed by atoms with Crippen molar-refractivity contribution < 1.29 is 23.8 Å². The number of halogens is 1. The maximum absolute atomic E-state index is 13.6. The fourth-order valence-electron chi connectivity index (χ4n) is 3.14. The Bertz CT molecular complexity index is 819. The van der Waals surface area contributed by atoms with E-state index in [4.69, 9.17) is 9.47 Å². The lowest BCUT2D eigenvalue weighted by molar-refractivity contribution is 0.0993. The normalized spacial score (nSPS) is 18.0. The molecule has 2 aromatic carbocycles. The number of hydrogen-bond acceptors (Lipinski definition) is 3. The van der Waals surface area contributed by atoms with Crippen molar-refractivity contribution in [2.24, 2.45) is 5.41 Å². The van der Waals surface area contributed by atoms with Gasteiger partial charge in [0, 0.05) is 16.5 Å². The van der Waals surface area contributed by atoms with Crippen LogP contribution in [0, 0.1) is 11.2 Å². The Morgan fingerprint density at radius 2 is 2.12 bits per heavy atom. The van der Waals surface area contributed by atoms with Gasteiger partial charge in [-0.05, 0) is 29.8 Å². The zero-order valence-electron chi connectivity index (χ0n) is 14.3. The highest BCUT2D eigenvalue weighted by Crippen LogP contribution is 2.47. The number of ether oxygens (including phenoxy) is 2. The third-order valence-electron chi connectivity index (χ3n) is 4.43. The van der Waals surface area contributed by atoms with Crippen LogP contribution in [0.15, 0.2) is 36.4 Å². The molecule has 1 aliphatic heterocycles. The highest BCUT2D eigenvalue weighted by molar-refractivity contribution is 5.74. The van der Waals surface area contributed by atoms with Crippen molar-refractivity contribution in [3.05, 3.63) is 47.8 Å². The molecule has 1 aliphatic rings. The van der Waals surface area contributed by atoms with Crippen LogP contribution in [0.2, 0.25) is 0 Å². The molecule has 2 aromatic rings. The summed E-state index contributed by atoms with van der Waals surface area (Å²) in [6.45, 7) is 4.23. The van der Waals surface area contributed by atoms with Crippen molar-refractivity contribution in [1.82, 2.24) is 5.32 Å². The molecular formula is C19H20FNO4. The first-order valence-electron chi connectivity index (χ1n) is 7.92. The Labute approximate surface area is 145 Å². The summed E-state index contributed by atoms with van der Waals surface area (Å²) in [7, 11) is 1.53. The molecule has 0 saturated heterocycles. The summed E-state index contributed by atoms with van der Waals surface area (Å²) in [6, 6.07) is 9.30. The standard InChI is InChI=1S/C19H20FNO4/c1-19(2)10-25-16-8-13(11-5-4-6-12(20)7-11)15(24-3)9-14(16)17(19)21-18(22)23/h4-9,17,21H,10H2,1-3H3,(H,22,23). The molecule has 3 rings (SSSR count). The first-order chi connectivity index (χ1) is 11.8. The summed E-state index contributed by atoms with van der Waals surface area (Å²) in [5, 5.41) is 11.8. The monoisotopic (exact) mass is 345 g/mol. The second-order valence-corrected chi connectivity index (χ2v) is 6.76. The Morgan fingerprint density at radius 1 is 1.36 bits per heavy atom. The summed E-state index contributed by atoms with van der Waals surface area (Å²) < 4.78 is 24.9. The largest absolute Gasteiger partial charge is 0.496 e. The Morgan fingerprint density at radius 3 is 2.76 bits per heavy atom. The molecule has 0 bridgehead atoms. The van der Waals surface area contributed by atoms with Crippen molar-refractivity contribution in [3.63, 3.8) is 0 Å². The van der Waals surface area contributed by atoms with Crippen LogP contribution in [0.3, 0.4) is 0 Å². The van der Waals surface area contributed by atoms with Crippen LogP contribution in [0.25, 0.3) is 11.1 Å². The number of methoxy groups -OCH3 is 1. The SMILES string of the molecule is COc1cc2c(cc1-c1cccc(F)c1)OCC(C)(C)C2NC(=O)O. The second-order valence-electron chi connectivity index (χ2n) is 6.76. The number of fused-ring (bicyclic) bond motifs is 1. The number of rotatable bonds is 3. The summed E-state index contributed by atoms with van der Waals surface area (Å²) >= 11 is 0. The molecule has 0 aliphatic carbocycles. The molecule has 5 nitrogen and oxygen atoms in total. The summed E-state index contributed by atoms with van der Waals surface area (Å²) in [5.74, 6) is 0.755. The van der Waals surface area contributed by atoms with Gasteiger partial charge in [0.1, 0.15) is 17.3 Å². The molecule has 25 heavy (non-hydrogen) atoms. The molecule has 2 N–H and O–H groups in total. The number of benzene rings is 2. The van der Waals surface area contributed by atoms with Gasteiger partial charge in [0.2, 0.25) is 0 Å². The van der Waals surface area contributed by atoms with Gasteiger partial charge in [0.15, 0.2) is 0 Å². The van der Waals surface area contributed by atoms with Crippen LogP contribution < -0.4 is 14.8 Å². The molecule has 0 spiro atoms. The maximum Gasteiger partial charge on any atom is 0.405 e. The average Bonchev–Trinajstić information content (AvgIpc) is 2.56. The zero-order valence-corrected chi connectivity index (χ0v) is 14.3. The first kappa shape index (κ1) is 17.1. The van der Waals surface area contributed by atoms with Gasteiger partial charge in [-0.25, -0.2) is 9.18 Å². The molecule has 0 saturated carbocycles. The summed E-state index contributed by atoms with van der Waals surface area (Å²) in [6.07, 6.45) is -1.10. The van der Waals surface area contributed by atoms with E-state index in [1.807, 2.05) is 13.8 Å². The van der Waals surface area contributed by atoms with Crippen LogP contribution in [0.4, 0.5) is 9.18 Å². The highest BCUT2D eigenvalue weighted by Gasteiger charge is 2.39. The van der Waals surface area contributed by atoms with E-state index in [1.54, 1.807) is 24.3 Å². The van der Waals surface area contributed by atoms with E-state index in [1.165, 1.54) is 19.2 Å². The lowest BCUT2D eigenvalue weighted by Crippen LogP contribution is -2.43. The van der Waals surface area contributed by atoms with E-state index in [0.29, 0.717) is 34.8 Å². The van der Waals surface area contributed by atoms with Crippen LogP contribution in [0.1, 0.15) is 25.5 Å². The molecule has 0 fully saturated rings. The molecule has 1 heterocycles. The van der Waals surface area contributed by atoms with Gasteiger partial charge in [0.25, 0.3) is 0 Å². The molecule has 1 amide bonds. The fourth-order valence-corrected chi connectivity index (χ4v) is 3.14. The van der Waals surface area contributed by atoms with Gasteiger partial charge in [-0.3, -0.25) is 0 Å². The molecule has 132 valence electrons. The Balaban J connectivity index is 2.14. The Kier molecular flexibility index (Phi) is 4.29. The third-order valence-corrected chi connectivity index (χ3v) is 4.43. The van der Waals surface area contributed by atoms with Gasteiger partial charge < -0.3 is 19.9 Å². The number of carbonyl (C=O) groups is 1. The lowest BCUT2D eigenvalue weighted by atomic mass is 9.78. The molecule has 0 radical (unpaired) electrons. The minimum Gasteiger partial charge on any atom is -0.496 e. The molecular weight excluding hydrogens is 325 g/mol. The third kappa shape index (κ3) is 3.24. The van der Waals surface area contributed by atoms with Crippen molar-refractivity contribution in [2.45, 2.75) is 19.9 Å². The minimum absolute atomic E-state index is 0.343. The van der Waals surface area contributed by atoms with Crippen molar-refractivity contribution in [1.29, 1.82) is 0 Å². The van der Waals surface area contributed by atoms with E-state index in [2.05, 4.69) is 5.32 Å². The predicted molar refractivity (Wildman–Crippen MR) is 91.6 cm³/mol. The first-order valence-corrected chi connectivity index (χ1v) is 7.92. The topological polar surface area (TPSA) is 67.8 Å². The highest BCUT2D eigenvalue weighted by atomic mass is 19.1. The van der Waals surface area contributed by atoms with Crippen LogP contribution in [-0.4, -0.2) is 24.9 Å². The van der Waals surface area contributed by atoms with Crippen molar-refractivity contribution >= 4 is 6.09 Å². The Hall–Kier alpha value is -2.76. The average molecular weight is 345 g/mol. The second kappa shape index (κ2) is 6.27. The van der Waals surface area contributed by atoms with Crippen LogP contribution in [-0.2, 0) is 0 Å². The number of amides is 1. The number of carboxylic acid groups (broad SMARTS) is 1. The van der Waals surface area contributed by atoms with E-state index < -0.39 is 17.6 Å². The minimum atomic E-state index is -1.10. The van der Waals surface area contributed by atoms with Gasteiger partial charge in [0.05, 0.1) is 19.8 Å². The van der Waals surface area contributed by atoms with Crippen LogP contribution >= 0.6 is 0 Å². The summed E-state index contributed by atoms with van der Waals surface area (Å²) in [4.78, 5) is 11.2. The van der Waals surface area contributed by atoms with E-state index in [-0.39, 0.29) is 5.82 Å². The predicted octanol–water partition coefficient (Wildman–Crippen LogP) is 4.23. The van der Waals surface area contributed by atoms with Gasteiger partial charge in [-0.1, -0.05) is 26.0 Å². The van der Waals surface area contributed by atoms with Gasteiger partial charge in [-0.15, -0.1) is 0 Å². The van der Waals surface area contributed by atoms with Crippen LogP contribution in [0.5, 0.6) is 11.5 Å². The molecule has 1 atom stereocenters. The molecule has 6 heteroatoms. The lowest BCUT2D eigenvalue weighted by Gasteiger charge is -2.39. The number of nitrogens with one attached hydrogen (secondary N) is 1. The van der Waals surface area contributed by atoms with E-state index >= 15 is 0 Å². The quantitative estimate of drug-likeness (QED) is 0.874. The smallest absolute Gasteiger partial charge is 0.405 e. The summed E-state index contributed by atoms with van der Waals surface area (Å²) in [5.41, 5.74) is 1.64. The van der Waals surface area contributed by atoms with Crippen molar-refractivity contribution in [3.8, 4) is 22.6 Å². The van der Waals surface area contributed by atoms with Gasteiger partial charge >= 0.3 is 6.09 Å². The van der Waals surface area contributed by atoms with E-state index in [0.717, 1.165) is 0 Å². The van der Waals surface area contributed by atoms with E-state index in [9.17, 15) is 14.3 Å². The fraction of sp³-hybridized carbons (Fsp3) is 0.316.